The largest absolute Gasteiger partial charge is 0.488 e. The molecule has 3 fully saturated rings. The Bertz CT molecular complexity index is 1720. The average molecular weight is 635 g/mol. The Labute approximate surface area is 262 Å². The molecule has 11 nitrogen and oxygen atoms in total. The molecule has 2 saturated heterocycles. The first-order valence-corrected chi connectivity index (χ1v) is 15.4. The number of pyridine rings is 1. The van der Waals surface area contributed by atoms with Crippen LogP contribution in [0.3, 0.4) is 0 Å². The number of hydrogen-bond donors (Lipinski definition) is 2. The van der Waals surface area contributed by atoms with Crippen molar-refractivity contribution in [1.82, 2.24) is 19.4 Å². The zero-order chi connectivity index (χ0) is 32.0. The first-order valence-electron chi connectivity index (χ1n) is 15.4. The molecule has 0 bridgehead atoms. The summed E-state index contributed by atoms with van der Waals surface area (Å²) in [4.78, 5) is 42.8. The maximum absolute atomic E-state index is 13.8. The van der Waals surface area contributed by atoms with Crippen LogP contribution >= 0.6 is 0 Å². The van der Waals surface area contributed by atoms with Crippen molar-refractivity contribution in [3.63, 3.8) is 0 Å². The zero-order valence-corrected chi connectivity index (χ0v) is 24.9. The molecule has 2 aromatic heterocycles. The van der Waals surface area contributed by atoms with Gasteiger partial charge in [-0.1, -0.05) is 0 Å². The third kappa shape index (κ3) is 5.61. The van der Waals surface area contributed by atoms with Gasteiger partial charge < -0.3 is 30.2 Å². The van der Waals surface area contributed by atoms with Crippen molar-refractivity contribution in [3.8, 4) is 17.0 Å². The number of halogens is 3. The molecule has 1 aromatic carbocycles. The van der Waals surface area contributed by atoms with Gasteiger partial charge in [-0.3, -0.25) is 14.6 Å². The summed E-state index contributed by atoms with van der Waals surface area (Å²) < 4.78 is 48.8. The third-order valence-electron chi connectivity index (χ3n) is 9.20. The summed E-state index contributed by atoms with van der Waals surface area (Å²) in [6.07, 6.45) is 9.43. The fourth-order valence-corrected chi connectivity index (χ4v) is 6.63. The monoisotopic (exact) mass is 634 g/mol. The van der Waals surface area contributed by atoms with Gasteiger partial charge >= 0.3 is 6.18 Å². The number of hydrogen-bond acceptors (Lipinski definition) is 8. The number of imidazole rings is 1. The van der Waals surface area contributed by atoms with E-state index in [1.165, 1.54) is 0 Å². The topological polar surface area (TPSA) is 131 Å². The van der Waals surface area contributed by atoms with E-state index in [4.69, 9.17) is 10.5 Å². The van der Waals surface area contributed by atoms with E-state index >= 15 is 0 Å². The summed E-state index contributed by atoms with van der Waals surface area (Å²) in [6, 6.07) is 4.79. The number of piperidine rings is 1. The molecule has 46 heavy (non-hydrogen) atoms. The van der Waals surface area contributed by atoms with Crippen molar-refractivity contribution < 1.29 is 27.5 Å². The smallest absolute Gasteiger partial charge is 0.416 e. The lowest BCUT2D eigenvalue weighted by molar-refractivity contribution is -0.137. The normalized spacial score (nSPS) is 23.0. The molecule has 3 N–H and O–H groups in total. The van der Waals surface area contributed by atoms with Gasteiger partial charge in [-0.2, -0.15) is 13.2 Å². The molecular weight excluding hydrogens is 601 g/mol. The number of nitrogens with zero attached hydrogens (tertiary/aromatic N) is 6. The Morgan fingerprint density at radius 3 is 2.74 bits per heavy atom. The molecule has 5 heterocycles. The number of fused-ring (bicyclic) bond motifs is 1. The number of carbonyl (C=O) groups is 2. The van der Waals surface area contributed by atoms with Crippen LogP contribution in [0.4, 0.5) is 24.7 Å². The van der Waals surface area contributed by atoms with E-state index in [1.54, 1.807) is 43.3 Å². The number of benzene rings is 1. The van der Waals surface area contributed by atoms with Gasteiger partial charge in [0.15, 0.2) is 5.75 Å². The zero-order valence-electron chi connectivity index (χ0n) is 24.9. The maximum atomic E-state index is 13.8. The van der Waals surface area contributed by atoms with E-state index in [2.05, 4.69) is 20.3 Å². The molecule has 2 amide bonds. The van der Waals surface area contributed by atoms with Crippen molar-refractivity contribution in [2.75, 3.05) is 23.3 Å². The predicted molar refractivity (Wildman–Crippen MR) is 164 cm³/mol. The van der Waals surface area contributed by atoms with Gasteiger partial charge in [0.05, 0.1) is 53.7 Å². The second kappa shape index (κ2) is 11.9. The van der Waals surface area contributed by atoms with Gasteiger partial charge in [-0.05, 0) is 56.4 Å². The van der Waals surface area contributed by atoms with E-state index in [9.17, 15) is 22.8 Å². The lowest BCUT2D eigenvalue weighted by Crippen LogP contribution is -2.53. The number of carbonyl (C=O) groups excluding carboxylic acids is 2. The van der Waals surface area contributed by atoms with Crippen LogP contribution in [0.2, 0.25) is 0 Å². The summed E-state index contributed by atoms with van der Waals surface area (Å²) in [7, 11) is 0. The summed E-state index contributed by atoms with van der Waals surface area (Å²) in [5, 5.41) is 2.55. The number of alkyl halides is 3. The minimum Gasteiger partial charge on any atom is -0.488 e. The van der Waals surface area contributed by atoms with Gasteiger partial charge in [-0.15, -0.1) is 0 Å². The molecule has 3 aromatic rings. The molecule has 1 aliphatic carbocycles. The van der Waals surface area contributed by atoms with Gasteiger partial charge in [0, 0.05) is 55.4 Å². The summed E-state index contributed by atoms with van der Waals surface area (Å²) in [6.45, 7) is 0.848. The number of amides is 2. The lowest BCUT2D eigenvalue weighted by Gasteiger charge is -2.40. The van der Waals surface area contributed by atoms with Crippen LogP contribution in [0.15, 0.2) is 60.4 Å². The SMILES string of the molecule is NC1C[C@@H](n2cncc2-c2ccc(C(=O)Nc3cc(C(F)(F)F)ccn3)c(N3C=CN=CC3)c2OC2CCC2)CN2C(=O)CC[C@@H]12. The molecule has 240 valence electrons. The molecule has 3 aliphatic heterocycles. The highest BCUT2D eigenvalue weighted by atomic mass is 19.4. The molecule has 14 heteroatoms. The van der Waals surface area contributed by atoms with Crippen LogP contribution in [0.1, 0.15) is 60.5 Å². The first kappa shape index (κ1) is 30.0. The van der Waals surface area contributed by atoms with Crippen molar-refractivity contribution in [2.24, 2.45) is 10.7 Å². The average Bonchev–Trinajstić information content (AvgIpc) is 3.66. The fourth-order valence-electron chi connectivity index (χ4n) is 6.63. The molecule has 0 spiro atoms. The van der Waals surface area contributed by atoms with Crippen LogP contribution < -0.4 is 20.7 Å². The summed E-state index contributed by atoms with van der Waals surface area (Å²) >= 11 is 0. The number of nitrogens with one attached hydrogen (secondary N) is 1. The van der Waals surface area contributed by atoms with Crippen molar-refractivity contribution >= 4 is 29.5 Å². The number of aliphatic imine (C=N–C) groups is 1. The Morgan fingerprint density at radius 1 is 1.15 bits per heavy atom. The Hall–Kier alpha value is -4.72. The Balaban J connectivity index is 1.31. The quantitative estimate of drug-likeness (QED) is 0.383. The highest BCUT2D eigenvalue weighted by Gasteiger charge is 2.42. The lowest BCUT2D eigenvalue weighted by atomic mass is 9.93. The van der Waals surface area contributed by atoms with Crippen molar-refractivity contribution in [3.05, 3.63) is 66.5 Å². The van der Waals surface area contributed by atoms with Crippen molar-refractivity contribution in [1.29, 1.82) is 0 Å². The molecule has 1 saturated carbocycles. The molecule has 0 radical (unpaired) electrons. The molecule has 4 aliphatic rings. The van der Waals surface area contributed by atoms with E-state index in [0.29, 0.717) is 42.9 Å². The van der Waals surface area contributed by atoms with Gasteiger partial charge in [0.1, 0.15) is 5.82 Å². The molecular formula is C32H33F3N8O3. The number of anilines is 2. The standard InChI is InChI=1S/C32H33F3N8O3/c33-32(34,35)19-8-9-39-27(14-19)40-31(45)23-5-4-22(30(46-21-2-1-3-21)29(23)41-12-10-37-11-13-41)26-16-38-18-43(26)20-15-24(36)25-6-7-28(44)42(25)17-20/h4-5,8-12,14,16,18,20-21,24-25H,1-3,6-7,13,15,17,36H2,(H,39,40,45)/t20-,24?,25+/m1/s1. The summed E-state index contributed by atoms with van der Waals surface area (Å²) in [5.41, 5.74) is 7.70. The van der Waals surface area contributed by atoms with Crippen molar-refractivity contribution in [2.45, 2.75) is 68.9 Å². The van der Waals surface area contributed by atoms with Crippen LogP contribution in [-0.2, 0) is 11.0 Å². The van der Waals surface area contributed by atoms with E-state index in [-0.39, 0.29) is 41.5 Å². The second-order valence-corrected chi connectivity index (χ2v) is 12.1. The number of ether oxygens (including phenoxy) is 1. The van der Waals surface area contributed by atoms with Gasteiger partial charge in [-0.25, -0.2) is 9.97 Å². The fraction of sp³-hybridized carbons (Fsp3) is 0.406. The van der Waals surface area contributed by atoms with E-state index < -0.39 is 17.6 Å². The molecule has 3 atom stereocenters. The highest BCUT2D eigenvalue weighted by molar-refractivity contribution is 6.10. The number of aromatic nitrogens is 3. The predicted octanol–water partition coefficient (Wildman–Crippen LogP) is 4.77. The van der Waals surface area contributed by atoms with Crippen LogP contribution in [0, 0.1) is 0 Å². The number of rotatable bonds is 7. The minimum absolute atomic E-state index is 0.0384. The number of nitrogens with two attached hydrogens (primary N) is 1. The molecule has 7 rings (SSSR count). The minimum atomic E-state index is -4.59. The first-order chi connectivity index (χ1) is 22.2. The van der Waals surface area contributed by atoms with Crippen LogP contribution in [0.25, 0.3) is 11.3 Å². The maximum Gasteiger partial charge on any atom is 0.416 e. The van der Waals surface area contributed by atoms with E-state index in [1.807, 2.05) is 14.4 Å². The van der Waals surface area contributed by atoms with Gasteiger partial charge in [0.25, 0.3) is 5.91 Å². The third-order valence-corrected chi connectivity index (χ3v) is 9.20. The van der Waals surface area contributed by atoms with Crippen LogP contribution in [-0.4, -0.2) is 68.7 Å². The Morgan fingerprint density at radius 2 is 2.00 bits per heavy atom. The molecule has 1 unspecified atom stereocenters. The van der Waals surface area contributed by atoms with Crippen LogP contribution in [0.5, 0.6) is 5.75 Å². The summed E-state index contributed by atoms with van der Waals surface area (Å²) in [5.74, 6) is -0.319. The van der Waals surface area contributed by atoms with E-state index in [0.717, 1.165) is 49.7 Å². The highest BCUT2D eigenvalue weighted by Crippen LogP contribution is 2.45. The Kier molecular flexibility index (Phi) is 7.75. The van der Waals surface area contributed by atoms with Gasteiger partial charge in [0.2, 0.25) is 5.91 Å². The second-order valence-electron chi connectivity index (χ2n) is 12.1.